The van der Waals surface area contributed by atoms with E-state index in [-0.39, 0.29) is 11.6 Å². The smallest absolute Gasteiger partial charge is 0.166 e. The third-order valence-electron chi connectivity index (χ3n) is 1.86. The molecule has 64 valence electrons. The summed E-state index contributed by atoms with van der Waals surface area (Å²) in [6.07, 6.45) is 6.91. The summed E-state index contributed by atoms with van der Waals surface area (Å²) in [4.78, 5) is 22.4. The zero-order valence-electron chi connectivity index (χ0n) is 7.17. The predicted octanol–water partition coefficient (Wildman–Crippen LogP) is 1.81. The van der Waals surface area contributed by atoms with E-state index in [2.05, 4.69) is 0 Å². The number of carbonyl (C=O) groups excluding carboxylic acids is 2. The van der Waals surface area contributed by atoms with Gasteiger partial charge in [0, 0.05) is 12.8 Å². The number of allylic oxidation sites excluding steroid dienone is 4. The molecule has 0 heterocycles. The summed E-state index contributed by atoms with van der Waals surface area (Å²) >= 11 is 0. The van der Waals surface area contributed by atoms with Crippen LogP contribution in [0, 0.1) is 0 Å². The van der Waals surface area contributed by atoms with E-state index in [1.54, 1.807) is 12.2 Å². The quantitative estimate of drug-likeness (QED) is 0.437. The molecule has 0 N–H and O–H groups in total. The van der Waals surface area contributed by atoms with Gasteiger partial charge in [-0.3, -0.25) is 9.59 Å². The Bertz CT molecular complexity index is 241. The Balaban J connectivity index is 2.83. The molecule has 1 aliphatic carbocycles. The van der Waals surface area contributed by atoms with Gasteiger partial charge >= 0.3 is 0 Å². The van der Waals surface area contributed by atoms with E-state index in [0.29, 0.717) is 24.8 Å². The average molecular weight is 164 g/mol. The summed E-state index contributed by atoms with van der Waals surface area (Å²) in [5, 5.41) is 0. The Morgan fingerprint density at radius 2 is 1.75 bits per heavy atom. The second-order valence-electron chi connectivity index (χ2n) is 2.81. The van der Waals surface area contributed by atoms with Crippen LogP contribution >= 0.6 is 0 Å². The lowest BCUT2D eigenvalue weighted by Gasteiger charge is -2.09. The fourth-order valence-electron chi connectivity index (χ4n) is 1.21. The summed E-state index contributed by atoms with van der Waals surface area (Å²) in [5.74, 6) is -0.0197. The van der Waals surface area contributed by atoms with Gasteiger partial charge in [0.25, 0.3) is 0 Å². The van der Waals surface area contributed by atoms with Gasteiger partial charge in [-0.15, -0.1) is 0 Å². The lowest BCUT2D eigenvalue weighted by Crippen LogP contribution is -2.18. The van der Waals surface area contributed by atoms with Crippen molar-refractivity contribution >= 4 is 11.6 Å². The molecule has 1 rings (SSSR count). The molecule has 0 radical (unpaired) electrons. The van der Waals surface area contributed by atoms with E-state index in [0.717, 1.165) is 0 Å². The first-order valence-electron chi connectivity index (χ1n) is 4.15. The first kappa shape index (κ1) is 8.91. The van der Waals surface area contributed by atoms with Crippen LogP contribution in [0.2, 0.25) is 0 Å². The Hall–Kier alpha value is -1.18. The van der Waals surface area contributed by atoms with Crippen molar-refractivity contribution in [3.63, 3.8) is 0 Å². The van der Waals surface area contributed by atoms with Crippen LogP contribution < -0.4 is 0 Å². The van der Waals surface area contributed by atoms with Crippen molar-refractivity contribution in [1.29, 1.82) is 0 Å². The molecule has 0 aromatic heterocycles. The average Bonchev–Trinajstić information content (AvgIpc) is 2.04. The van der Waals surface area contributed by atoms with E-state index >= 15 is 0 Å². The highest BCUT2D eigenvalue weighted by Crippen LogP contribution is 2.16. The van der Waals surface area contributed by atoms with Crippen LogP contribution in [0.1, 0.15) is 26.2 Å². The first-order valence-corrected chi connectivity index (χ1v) is 4.15. The number of ketones is 2. The zero-order valence-corrected chi connectivity index (χ0v) is 7.17. The van der Waals surface area contributed by atoms with Gasteiger partial charge in [-0.25, -0.2) is 0 Å². The lowest BCUT2D eigenvalue weighted by molar-refractivity contribution is -0.123. The fourth-order valence-corrected chi connectivity index (χ4v) is 1.21. The van der Waals surface area contributed by atoms with Crippen molar-refractivity contribution in [2.24, 2.45) is 0 Å². The molecule has 2 heteroatoms. The molecule has 12 heavy (non-hydrogen) atoms. The molecule has 0 aliphatic heterocycles. The molecule has 1 saturated carbocycles. The van der Waals surface area contributed by atoms with Crippen molar-refractivity contribution in [3.05, 3.63) is 23.8 Å². The fraction of sp³-hybridized carbons (Fsp3) is 0.400. The molecule has 1 aliphatic rings. The highest BCUT2D eigenvalue weighted by molar-refractivity contribution is 6.21. The van der Waals surface area contributed by atoms with Crippen molar-refractivity contribution in [2.45, 2.75) is 26.2 Å². The highest BCUT2D eigenvalue weighted by atomic mass is 16.1. The molecule has 0 bridgehead atoms. The predicted molar refractivity (Wildman–Crippen MR) is 46.8 cm³/mol. The summed E-state index contributed by atoms with van der Waals surface area (Å²) in [6, 6.07) is 0. The molecule has 2 nitrogen and oxygen atoms in total. The maximum Gasteiger partial charge on any atom is 0.166 e. The first-order chi connectivity index (χ1) is 5.75. The van der Waals surface area contributed by atoms with Crippen molar-refractivity contribution < 1.29 is 9.59 Å². The van der Waals surface area contributed by atoms with Gasteiger partial charge in [0.1, 0.15) is 0 Å². The largest absolute Gasteiger partial charge is 0.294 e. The van der Waals surface area contributed by atoms with Gasteiger partial charge in [0.2, 0.25) is 0 Å². The number of hydrogen-bond acceptors (Lipinski definition) is 2. The van der Waals surface area contributed by atoms with Crippen molar-refractivity contribution in [3.8, 4) is 0 Å². The molecule has 0 spiro atoms. The third kappa shape index (κ3) is 1.91. The third-order valence-corrected chi connectivity index (χ3v) is 1.86. The Labute approximate surface area is 72.0 Å². The van der Waals surface area contributed by atoms with Gasteiger partial charge in [0.05, 0.1) is 5.57 Å². The van der Waals surface area contributed by atoms with Crippen LogP contribution in [0.4, 0.5) is 0 Å². The topological polar surface area (TPSA) is 34.1 Å². The molecule has 0 saturated heterocycles. The molecule has 0 amide bonds. The van der Waals surface area contributed by atoms with Gasteiger partial charge in [-0.2, -0.15) is 0 Å². The van der Waals surface area contributed by atoms with Crippen LogP contribution in [-0.4, -0.2) is 11.6 Å². The number of rotatable bonds is 1. The van der Waals surface area contributed by atoms with E-state index in [9.17, 15) is 9.59 Å². The van der Waals surface area contributed by atoms with Gasteiger partial charge in [0.15, 0.2) is 11.6 Å². The zero-order chi connectivity index (χ0) is 8.97. The lowest BCUT2D eigenvalue weighted by atomic mass is 9.92. The van der Waals surface area contributed by atoms with Crippen LogP contribution in [0.15, 0.2) is 23.8 Å². The molecule has 0 aromatic rings. The van der Waals surface area contributed by atoms with Crippen molar-refractivity contribution in [2.75, 3.05) is 0 Å². The van der Waals surface area contributed by atoms with Gasteiger partial charge in [-0.1, -0.05) is 12.2 Å². The Morgan fingerprint density at radius 3 is 2.25 bits per heavy atom. The highest BCUT2D eigenvalue weighted by Gasteiger charge is 2.21. The molecule has 0 unspecified atom stereocenters. The van der Waals surface area contributed by atoms with E-state index in [4.69, 9.17) is 0 Å². The standard InChI is InChI=1S/C10H12O2/c1-2-3-5-8-9(11)6-4-7-10(8)12/h2-3,5H,4,6-7H2,1H3/b3-2+. The minimum absolute atomic E-state index is 0.00986. The van der Waals surface area contributed by atoms with E-state index in [1.807, 2.05) is 13.0 Å². The maximum absolute atomic E-state index is 11.2. The molecule has 0 aromatic carbocycles. The number of hydrogen-bond donors (Lipinski definition) is 0. The molecular formula is C10H12O2. The molecule has 0 atom stereocenters. The monoisotopic (exact) mass is 164 g/mol. The van der Waals surface area contributed by atoms with Crippen LogP contribution in [0.25, 0.3) is 0 Å². The SMILES string of the molecule is C/C=C/C=C1C(=O)CCCC1=O. The molecular weight excluding hydrogens is 152 g/mol. The summed E-state index contributed by atoms with van der Waals surface area (Å²) in [5.41, 5.74) is 0.374. The van der Waals surface area contributed by atoms with E-state index in [1.165, 1.54) is 0 Å². The Kier molecular flexibility index (Phi) is 2.97. The Morgan fingerprint density at radius 1 is 1.17 bits per heavy atom. The van der Waals surface area contributed by atoms with Gasteiger partial charge < -0.3 is 0 Å². The second kappa shape index (κ2) is 4.00. The normalized spacial score (nSPS) is 18.9. The van der Waals surface area contributed by atoms with Crippen molar-refractivity contribution in [1.82, 2.24) is 0 Å². The van der Waals surface area contributed by atoms with Gasteiger partial charge in [-0.05, 0) is 19.4 Å². The summed E-state index contributed by atoms with van der Waals surface area (Å²) in [7, 11) is 0. The molecule has 1 fully saturated rings. The minimum Gasteiger partial charge on any atom is -0.294 e. The van der Waals surface area contributed by atoms with Crippen LogP contribution in [-0.2, 0) is 9.59 Å². The summed E-state index contributed by atoms with van der Waals surface area (Å²) < 4.78 is 0. The number of carbonyl (C=O) groups is 2. The second-order valence-corrected chi connectivity index (χ2v) is 2.81. The van der Waals surface area contributed by atoms with Crippen LogP contribution in [0.3, 0.4) is 0 Å². The van der Waals surface area contributed by atoms with E-state index < -0.39 is 0 Å². The minimum atomic E-state index is -0.00986. The maximum atomic E-state index is 11.2. The number of Topliss-reactive ketones (excluding diaryl/α,β-unsaturated/α-hetero) is 2. The van der Waals surface area contributed by atoms with Crippen LogP contribution in [0.5, 0.6) is 0 Å². The summed E-state index contributed by atoms with van der Waals surface area (Å²) in [6.45, 7) is 1.86.